The van der Waals surface area contributed by atoms with Gasteiger partial charge in [0, 0.05) is 11.6 Å². The molecule has 0 atom stereocenters. The van der Waals surface area contributed by atoms with Crippen LogP contribution in [0.3, 0.4) is 0 Å². The summed E-state index contributed by atoms with van der Waals surface area (Å²) in [5.41, 5.74) is 3.93. The van der Waals surface area contributed by atoms with Gasteiger partial charge in [0.1, 0.15) is 0 Å². The van der Waals surface area contributed by atoms with Gasteiger partial charge in [0.2, 0.25) is 0 Å². The molecule has 0 aliphatic heterocycles. The maximum absolute atomic E-state index is 12.4. The van der Waals surface area contributed by atoms with Crippen molar-refractivity contribution in [3.63, 3.8) is 0 Å². The van der Waals surface area contributed by atoms with E-state index in [9.17, 15) is 4.79 Å². The molecule has 5 heteroatoms. The van der Waals surface area contributed by atoms with Gasteiger partial charge in [-0.1, -0.05) is 19.1 Å². The zero-order valence-corrected chi connectivity index (χ0v) is 12.9. The Morgan fingerprint density at radius 1 is 1.24 bits per heavy atom. The monoisotopic (exact) mass is 303 g/mol. The second kappa shape index (κ2) is 7.18. The number of hydrogen-bond donors (Lipinski definition) is 1. The molecular formula is C16H18ClN3O. The van der Waals surface area contributed by atoms with Crippen LogP contribution in [0, 0.1) is 6.92 Å². The van der Waals surface area contributed by atoms with Gasteiger partial charge in [0.15, 0.2) is 0 Å². The van der Waals surface area contributed by atoms with Crippen molar-refractivity contribution in [1.82, 2.24) is 10.2 Å². The number of carbonyl (C=O) groups excluding carboxylic acids is 1. The second-order valence-electron chi connectivity index (χ2n) is 4.79. The minimum atomic E-state index is -0.157. The van der Waals surface area contributed by atoms with Crippen LogP contribution in [0.25, 0.3) is 0 Å². The van der Waals surface area contributed by atoms with Crippen molar-refractivity contribution in [3.05, 3.63) is 52.8 Å². The number of amides is 1. The first-order valence-corrected chi connectivity index (χ1v) is 7.47. The highest BCUT2D eigenvalue weighted by Crippen LogP contribution is 2.14. The lowest BCUT2D eigenvalue weighted by molar-refractivity contribution is 0.102. The van der Waals surface area contributed by atoms with Gasteiger partial charge in [0.25, 0.3) is 5.91 Å². The summed E-state index contributed by atoms with van der Waals surface area (Å²) in [6, 6.07) is 9.46. The van der Waals surface area contributed by atoms with Gasteiger partial charge >= 0.3 is 0 Å². The quantitative estimate of drug-likeness (QED) is 0.862. The minimum Gasteiger partial charge on any atom is -0.322 e. The molecule has 4 nitrogen and oxygen atoms in total. The summed E-state index contributed by atoms with van der Waals surface area (Å²) in [4.78, 5) is 12.4. The first-order chi connectivity index (χ1) is 10.1. The Labute approximate surface area is 129 Å². The van der Waals surface area contributed by atoms with E-state index in [1.54, 1.807) is 6.07 Å². The Hall–Kier alpha value is -1.94. The van der Waals surface area contributed by atoms with Crippen LogP contribution < -0.4 is 5.32 Å². The second-order valence-corrected chi connectivity index (χ2v) is 5.17. The van der Waals surface area contributed by atoms with Crippen molar-refractivity contribution in [2.24, 2.45) is 0 Å². The minimum absolute atomic E-state index is 0.157. The molecule has 0 fully saturated rings. The third-order valence-electron chi connectivity index (χ3n) is 3.17. The summed E-state index contributed by atoms with van der Waals surface area (Å²) in [5, 5.41) is 11.0. The molecule has 0 aliphatic rings. The molecule has 0 unspecified atom stereocenters. The molecule has 1 aromatic heterocycles. The number of alkyl halides is 1. The van der Waals surface area contributed by atoms with Crippen LogP contribution in [-0.4, -0.2) is 22.0 Å². The topological polar surface area (TPSA) is 54.9 Å². The van der Waals surface area contributed by atoms with E-state index < -0.39 is 0 Å². The van der Waals surface area contributed by atoms with Crippen LogP contribution >= 0.6 is 11.6 Å². The number of nitrogens with one attached hydrogen (secondary N) is 1. The highest BCUT2D eigenvalue weighted by molar-refractivity contribution is 6.18. The number of aromatic nitrogens is 2. The third-order valence-corrected chi connectivity index (χ3v) is 3.36. The van der Waals surface area contributed by atoms with Crippen molar-refractivity contribution < 1.29 is 4.79 Å². The number of anilines is 1. The number of benzene rings is 1. The van der Waals surface area contributed by atoms with Gasteiger partial charge in [-0.25, -0.2) is 0 Å². The van der Waals surface area contributed by atoms with Crippen LogP contribution in [-0.2, 0) is 12.8 Å². The zero-order valence-electron chi connectivity index (χ0n) is 12.2. The molecule has 0 saturated carbocycles. The Kier molecular flexibility index (Phi) is 5.28. The largest absolute Gasteiger partial charge is 0.322 e. The average Bonchev–Trinajstić information content (AvgIpc) is 2.49. The molecule has 1 aromatic carbocycles. The van der Waals surface area contributed by atoms with E-state index in [1.165, 1.54) is 0 Å². The first kappa shape index (κ1) is 15.4. The summed E-state index contributed by atoms with van der Waals surface area (Å²) in [6.45, 7) is 3.78. The Balaban J connectivity index is 2.15. The number of carbonyl (C=O) groups is 1. The number of aryl methyl sites for hydroxylation is 3. The molecule has 0 saturated heterocycles. The molecule has 0 bridgehead atoms. The highest BCUT2D eigenvalue weighted by Gasteiger charge is 2.13. The van der Waals surface area contributed by atoms with Crippen molar-refractivity contribution >= 4 is 23.2 Å². The van der Waals surface area contributed by atoms with E-state index in [4.69, 9.17) is 11.6 Å². The lowest BCUT2D eigenvalue weighted by Gasteiger charge is -2.09. The van der Waals surface area contributed by atoms with Gasteiger partial charge in [-0.2, -0.15) is 10.2 Å². The number of hydrogen-bond acceptors (Lipinski definition) is 3. The smallest absolute Gasteiger partial charge is 0.257 e. The van der Waals surface area contributed by atoms with Gasteiger partial charge in [-0.15, -0.1) is 11.6 Å². The zero-order chi connectivity index (χ0) is 15.2. The van der Waals surface area contributed by atoms with Gasteiger partial charge in [-0.05, 0) is 43.5 Å². The molecule has 0 spiro atoms. The van der Waals surface area contributed by atoms with Gasteiger partial charge in [0.05, 0.1) is 17.0 Å². The Bertz CT molecular complexity index is 626. The SMILES string of the molecule is CCc1nnc(C)cc1C(=O)Nc1ccc(CCCl)cc1. The summed E-state index contributed by atoms with van der Waals surface area (Å²) in [6.07, 6.45) is 1.49. The van der Waals surface area contributed by atoms with E-state index in [0.717, 1.165) is 23.4 Å². The lowest BCUT2D eigenvalue weighted by atomic mass is 10.1. The molecule has 21 heavy (non-hydrogen) atoms. The van der Waals surface area contributed by atoms with Gasteiger partial charge in [-0.3, -0.25) is 4.79 Å². The van der Waals surface area contributed by atoms with E-state index in [-0.39, 0.29) is 5.91 Å². The summed E-state index contributed by atoms with van der Waals surface area (Å²) in [5.74, 6) is 0.433. The van der Waals surface area contributed by atoms with Crippen molar-refractivity contribution in [1.29, 1.82) is 0 Å². The molecule has 1 amide bonds. The molecule has 2 aromatic rings. The summed E-state index contributed by atoms with van der Waals surface area (Å²) >= 11 is 5.71. The first-order valence-electron chi connectivity index (χ1n) is 6.93. The molecular weight excluding hydrogens is 286 g/mol. The molecule has 0 aliphatic carbocycles. The van der Waals surface area contributed by atoms with Crippen LogP contribution in [0.1, 0.15) is 34.2 Å². The molecule has 0 radical (unpaired) electrons. The van der Waals surface area contributed by atoms with Crippen LogP contribution in [0.15, 0.2) is 30.3 Å². The van der Waals surface area contributed by atoms with E-state index in [1.807, 2.05) is 38.1 Å². The average molecular weight is 304 g/mol. The van der Waals surface area contributed by atoms with Crippen molar-refractivity contribution in [3.8, 4) is 0 Å². The fraction of sp³-hybridized carbons (Fsp3) is 0.312. The van der Waals surface area contributed by atoms with E-state index >= 15 is 0 Å². The molecule has 110 valence electrons. The summed E-state index contributed by atoms with van der Waals surface area (Å²) < 4.78 is 0. The fourth-order valence-electron chi connectivity index (χ4n) is 2.03. The normalized spacial score (nSPS) is 10.4. The number of nitrogens with zero attached hydrogens (tertiary/aromatic N) is 2. The van der Waals surface area contributed by atoms with Gasteiger partial charge < -0.3 is 5.32 Å². The fourth-order valence-corrected chi connectivity index (χ4v) is 2.25. The third kappa shape index (κ3) is 4.02. The standard InChI is InChI=1S/C16H18ClN3O/c1-3-15-14(10-11(2)19-20-15)16(21)18-13-6-4-12(5-7-13)8-9-17/h4-7,10H,3,8-9H2,1-2H3,(H,18,21). The maximum Gasteiger partial charge on any atom is 0.257 e. The van der Waals surface area contributed by atoms with Crippen LogP contribution in [0.2, 0.25) is 0 Å². The van der Waals surface area contributed by atoms with E-state index in [2.05, 4.69) is 15.5 Å². The summed E-state index contributed by atoms with van der Waals surface area (Å²) in [7, 11) is 0. The molecule has 2 rings (SSSR count). The Morgan fingerprint density at radius 2 is 1.95 bits per heavy atom. The van der Waals surface area contributed by atoms with Crippen molar-refractivity contribution in [2.75, 3.05) is 11.2 Å². The lowest BCUT2D eigenvalue weighted by Crippen LogP contribution is -2.16. The van der Waals surface area contributed by atoms with E-state index in [0.29, 0.717) is 23.6 Å². The number of rotatable bonds is 5. The predicted octanol–water partition coefficient (Wildman–Crippen LogP) is 3.38. The Morgan fingerprint density at radius 3 is 2.57 bits per heavy atom. The molecule has 1 heterocycles. The van der Waals surface area contributed by atoms with Crippen LogP contribution in [0.5, 0.6) is 0 Å². The van der Waals surface area contributed by atoms with Crippen LogP contribution in [0.4, 0.5) is 5.69 Å². The highest BCUT2D eigenvalue weighted by atomic mass is 35.5. The number of halogens is 1. The maximum atomic E-state index is 12.4. The predicted molar refractivity (Wildman–Crippen MR) is 85.0 cm³/mol. The molecule has 1 N–H and O–H groups in total. The van der Waals surface area contributed by atoms with Crippen molar-refractivity contribution in [2.45, 2.75) is 26.7 Å².